The first kappa shape index (κ1) is 75.2. The first-order valence-electron chi connectivity index (χ1n) is 34.0. The van der Waals surface area contributed by atoms with Gasteiger partial charge in [-0.05, 0) is 38.5 Å². The summed E-state index contributed by atoms with van der Waals surface area (Å²) in [7, 11) is 1.32. The zero-order valence-electron chi connectivity index (χ0n) is 52.0. The predicted molar refractivity (Wildman–Crippen MR) is 330 cm³/mol. The summed E-state index contributed by atoms with van der Waals surface area (Å²) in [6.07, 6.45) is 74.2. The van der Waals surface area contributed by atoms with Gasteiger partial charge in [-0.2, -0.15) is 0 Å². The molecule has 0 aliphatic rings. The molecule has 0 rings (SSSR count). The third-order valence-corrected chi connectivity index (χ3v) is 17.0. The molecule has 0 aliphatic carbocycles. The molecule has 0 radical (unpaired) electrons. The molecular weight excluding hydrogens is 960 g/mol. The number of phosphoric ester groups is 1. The molecule has 0 heterocycles. The van der Waals surface area contributed by atoms with Crippen molar-refractivity contribution in [3.63, 3.8) is 0 Å². The molecule has 76 heavy (non-hydrogen) atoms. The van der Waals surface area contributed by atoms with Gasteiger partial charge in [0.05, 0.1) is 39.9 Å². The number of phosphoric acid groups is 1. The lowest BCUT2D eigenvalue weighted by atomic mass is 10.0. The van der Waals surface area contributed by atoms with Gasteiger partial charge in [0, 0.05) is 6.42 Å². The molecule has 9 heteroatoms. The standard InChI is InChI=1S/C67H135N2O6P/c1-6-8-10-12-14-16-18-20-22-24-26-28-30-32-33-34-35-37-39-41-43-45-47-49-51-53-55-57-59-61-67(71)68-65(64-75-76(72,73)74-63-62-69(3,4)5)66(70)60-58-56-54-52-50-48-46-44-42-40-38-36-31-29-27-25-23-21-19-17-15-13-11-9-7-2/h32-33,65-66,70H,6-31,34-64H2,1-5H3,(H-,68,71,72,73)/b33-32-. The van der Waals surface area contributed by atoms with Crippen molar-refractivity contribution in [1.29, 1.82) is 0 Å². The predicted octanol–water partition coefficient (Wildman–Crippen LogP) is 20.7. The Morgan fingerprint density at radius 1 is 0.447 bits per heavy atom. The smallest absolute Gasteiger partial charge is 0.268 e. The van der Waals surface area contributed by atoms with Gasteiger partial charge in [-0.1, -0.05) is 328 Å². The summed E-state index contributed by atoms with van der Waals surface area (Å²) in [4.78, 5) is 25.6. The maximum Gasteiger partial charge on any atom is 0.268 e. The van der Waals surface area contributed by atoms with Crippen LogP contribution in [0.2, 0.25) is 0 Å². The number of amides is 1. The zero-order valence-corrected chi connectivity index (χ0v) is 52.9. The van der Waals surface area contributed by atoms with Crippen molar-refractivity contribution in [3.8, 4) is 0 Å². The summed E-state index contributed by atoms with van der Waals surface area (Å²) in [5, 5.41) is 14.1. The van der Waals surface area contributed by atoms with E-state index in [0.29, 0.717) is 23.9 Å². The van der Waals surface area contributed by atoms with E-state index >= 15 is 0 Å². The molecule has 0 fully saturated rings. The number of quaternary nitrogens is 1. The lowest BCUT2D eigenvalue weighted by molar-refractivity contribution is -0.870. The van der Waals surface area contributed by atoms with Crippen LogP contribution < -0.4 is 10.2 Å². The molecule has 2 N–H and O–H groups in total. The lowest BCUT2D eigenvalue weighted by Crippen LogP contribution is -2.46. The van der Waals surface area contributed by atoms with Crippen LogP contribution in [-0.2, 0) is 18.4 Å². The van der Waals surface area contributed by atoms with Crippen LogP contribution in [-0.4, -0.2) is 68.5 Å². The molecule has 0 spiro atoms. The van der Waals surface area contributed by atoms with Gasteiger partial charge in [-0.15, -0.1) is 0 Å². The van der Waals surface area contributed by atoms with Gasteiger partial charge < -0.3 is 28.8 Å². The molecular formula is C67H135N2O6P. The first-order chi connectivity index (χ1) is 37.0. The topological polar surface area (TPSA) is 108 Å². The van der Waals surface area contributed by atoms with Gasteiger partial charge in [-0.25, -0.2) is 0 Å². The number of rotatable bonds is 64. The molecule has 0 saturated heterocycles. The Balaban J connectivity index is 4.03. The van der Waals surface area contributed by atoms with Crippen LogP contribution in [0.1, 0.15) is 361 Å². The largest absolute Gasteiger partial charge is 0.756 e. The van der Waals surface area contributed by atoms with E-state index in [1.54, 1.807) is 0 Å². The Hall–Kier alpha value is -0.760. The number of carbonyl (C=O) groups excluding carboxylic acids is 1. The number of likely N-dealkylation sites (N-methyl/N-ethyl adjacent to an activating group) is 1. The number of nitrogens with one attached hydrogen (secondary N) is 1. The molecule has 3 atom stereocenters. The van der Waals surface area contributed by atoms with Crippen LogP contribution in [0.4, 0.5) is 0 Å². The molecule has 3 unspecified atom stereocenters. The highest BCUT2D eigenvalue weighted by atomic mass is 31.2. The average molecular weight is 1100 g/mol. The third kappa shape index (κ3) is 60.9. The van der Waals surface area contributed by atoms with Gasteiger partial charge >= 0.3 is 0 Å². The van der Waals surface area contributed by atoms with Crippen molar-refractivity contribution in [1.82, 2.24) is 5.32 Å². The van der Waals surface area contributed by atoms with E-state index in [-0.39, 0.29) is 19.1 Å². The lowest BCUT2D eigenvalue weighted by Gasteiger charge is -2.30. The highest BCUT2D eigenvalue weighted by molar-refractivity contribution is 7.45. The van der Waals surface area contributed by atoms with E-state index < -0.39 is 20.0 Å². The van der Waals surface area contributed by atoms with Crippen molar-refractivity contribution >= 4 is 13.7 Å². The summed E-state index contributed by atoms with van der Waals surface area (Å²) < 4.78 is 23.5. The molecule has 0 aromatic carbocycles. The Bertz CT molecular complexity index is 1240. The van der Waals surface area contributed by atoms with Crippen molar-refractivity contribution in [2.75, 3.05) is 40.9 Å². The van der Waals surface area contributed by atoms with Crippen LogP contribution >= 0.6 is 7.82 Å². The number of hydrogen-bond donors (Lipinski definition) is 2. The number of carbonyl (C=O) groups is 1. The fraction of sp³-hybridized carbons (Fsp3) is 0.955. The number of hydrogen-bond acceptors (Lipinski definition) is 6. The molecule has 0 bridgehead atoms. The Morgan fingerprint density at radius 2 is 0.724 bits per heavy atom. The van der Waals surface area contributed by atoms with E-state index in [1.807, 2.05) is 21.1 Å². The molecule has 0 aromatic rings. The van der Waals surface area contributed by atoms with Crippen LogP contribution in [0.5, 0.6) is 0 Å². The number of aliphatic hydroxyl groups excluding tert-OH is 1. The maximum absolute atomic E-state index is 13.0. The third-order valence-electron chi connectivity index (χ3n) is 16.0. The zero-order chi connectivity index (χ0) is 55.6. The molecule has 0 saturated carbocycles. The van der Waals surface area contributed by atoms with Crippen LogP contribution in [0.25, 0.3) is 0 Å². The highest BCUT2D eigenvalue weighted by Gasteiger charge is 2.24. The summed E-state index contributed by atoms with van der Waals surface area (Å²) in [6.45, 7) is 4.79. The van der Waals surface area contributed by atoms with E-state index in [4.69, 9.17) is 9.05 Å². The SMILES string of the molecule is CCCCCCCCCCCCCC/C=C\CCCCCCCCCCCCCCCC(=O)NC(COP(=O)([O-])OCC[N+](C)(C)C)C(O)CCCCCCCCCCCCCCCCCCCCCCCCCCC. The minimum atomic E-state index is -4.58. The van der Waals surface area contributed by atoms with Crippen molar-refractivity contribution in [2.45, 2.75) is 373 Å². The summed E-state index contributed by atoms with van der Waals surface area (Å²) in [5.74, 6) is -0.157. The Kier molecular flexibility index (Phi) is 58.3. The van der Waals surface area contributed by atoms with E-state index in [2.05, 4.69) is 31.3 Å². The Morgan fingerprint density at radius 3 is 1.03 bits per heavy atom. The van der Waals surface area contributed by atoms with E-state index in [0.717, 1.165) is 38.5 Å². The minimum absolute atomic E-state index is 0.0153. The van der Waals surface area contributed by atoms with Gasteiger partial charge in [-0.3, -0.25) is 9.36 Å². The van der Waals surface area contributed by atoms with E-state index in [9.17, 15) is 19.4 Å². The second-order valence-electron chi connectivity index (χ2n) is 24.9. The maximum atomic E-state index is 13.0. The number of unbranched alkanes of at least 4 members (excludes halogenated alkanes) is 49. The normalized spacial score (nSPS) is 13.7. The van der Waals surface area contributed by atoms with Crippen molar-refractivity contribution in [2.24, 2.45) is 0 Å². The fourth-order valence-electron chi connectivity index (χ4n) is 10.7. The van der Waals surface area contributed by atoms with Gasteiger partial charge in [0.25, 0.3) is 7.82 Å². The minimum Gasteiger partial charge on any atom is -0.756 e. The van der Waals surface area contributed by atoms with Crippen LogP contribution in [0, 0.1) is 0 Å². The summed E-state index contributed by atoms with van der Waals surface area (Å²) in [6, 6.07) is -0.799. The average Bonchev–Trinajstić information content (AvgIpc) is 3.38. The van der Waals surface area contributed by atoms with Crippen molar-refractivity contribution < 1.29 is 32.9 Å². The molecule has 454 valence electrons. The van der Waals surface area contributed by atoms with Gasteiger partial charge in [0.1, 0.15) is 13.2 Å². The molecule has 8 nitrogen and oxygen atoms in total. The number of aliphatic hydroxyl groups is 1. The van der Waals surface area contributed by atoms with Crippen molar-refractivity contribution in [3.05, 3.63) is 12.2 Å². The monoisotopic (exact) mass is 1100 g/mol. The molecule has 1 amide bonds. The summed E-state index contributed by atoms with van der Waals surface area (Å²) >= 11 is 0. The fourth-order valence-corrected chi connectivity index (χ4v) is 11.4. The first-order valence-corrected chi connectivity index (χ1v) is 35.5. The number of nitrogens with zero attached hydrogens (tertiary/aromatic N) is 1. The van der Waals surface area contributed by atoms with Crippen LogP contribution in [0.3, 0.4) is 0 Å². The second kappa shape index (κ2) is 58.9. The van der Waals surface area contributed by atoms with E-state index in [1.165, 1.54) is 295 Å². The quantitative estimate of drug-likeness (QED) is 0.0272. The Labute approximate surface area is 475 Å². The molecule has 0 aliphatic heterocycles. The van der Waals surface area contributed by atoms with Gasteiger partial charge in [0.15, 0.2) is 0 Å². The summed E-state index contributed by atoms with van der Waals surface area (Å²) in [5.41, 5.74) is 0. The van der Waals surface area contributed by atoms with Crippen LogP contribution in [0.15, 0.2) is 12.2 Å². The van der Waals surface area contributed by atoms with Gasteiger partial charge in [0.2, 0.25) is 5.91 Å². The highest BCUT2D eigenvalue weighted by Crippen LogP contribution is 2.38. The second-order valence-corrected chi connectivity index (χ2v) is 26.3. The molecule has 0 aromatic heterocycles. The number of allylic oxidation sites excluding steroid dienone is 2.